The Bertz CT molecular complexity index is 1190. The molecule has 0 aliphatic carbocycles. The molecule has 0 N–H and O–H groups in total. The molecule has 1 aliphatic heterocycles. The monoisotopic (exact) mass is 574 g/mol. The number of fused-ring (bicyclic) bond motifs is 1. The number of nitrogens with zero attached hydrogens (tertiary/aromatic N) is 2. The zero-order chi connectivity index (χ0) is 25.5. The first kappa shape index (κ1) is 26.3. The zero-order valence-corrected chi connectivity index (χ0v) is 22.4. The Morgan fingerprint density at radius 1 is 1.19 bits per heavy atom. The van der Waals surface area contributed by atoms with Crippen LogP contribution in [0.25, 0.3) is 0 Å². The van der Waals surface area contributed by atoms with Crippen molar-refractivity contribution in [2.24, 2.45) is 0 Å². The number of hydrogen-bond donors (Lipinski definition) is 0. The number of methoxy groups -OCH3 is 1. The summed E-state index contributed by atoms with van der Waals surface area (Å²) in [4.78, 5) is 31.6. The van der Waals surface area contributed by atoms with Crippen molar-refractivity contribution in [3.63, 3.8) is 0 Å². The minimum atomic E-state index is -0.333. The summed E-state index contributed by atoms with van der Waals surface area (Å²) in [7, 11) is 1.61. The second-order valence-electron chi connectivity index (χ2n) is 8.50. The Balaban J connectivity index is 1.52. The van der Waals surface area contributed by atoms with E-state index >= 15 is 0 Å². The number of carbonyl (C=O) groups is 2. The number of thiophene rings is 1. The van der Waals surface area contributed by atoms with Gasteiger partial charge in [0, 0.05) is 41.7 Å². The van der Waals surface area contributed by atoms with Gasteiger partial charge in [0.1, 0.15) is 24.7 Å². The Hall–Kier alpha value is -2.75. The Morgan fingerprint density at radius 2 is 2.00 bits per heavy atom. The molecule has 0 radical (unpaired) electrons. The van der Waals surface area contributed by atoms with Crippen LogP contribution < -0.4 is 4.74 Å². The highest BCUT2D eigenvalue weighted by molar-refractivity contribution is 9.10. The van der Waals surface area contributed by atoms with Crippen LogP contribution in [0, 0.1) is 5.82 Å². The average molecular weight is 576 g/mol. The summed E-state index contributed by atoms with van der Waals surface area (Å²) in [5.41, 5.74) is 1.58. The topological polar surface area (TPSA) is 59.1 Å². The molecule has 190 valence electrons. The van der Waals surface area contributed by atoms with E-state index in [4.69, 9.17) is 9.47 Å². The van der Waals surface area contributed by atoms with Crippen LogP contribution in [0.4, 0.5) is 4.39 Å². The van der Waals surface area contributed by atoms with Crippen molar-refractivity contribution in [2.45, 2.75) is 18.9 Å². The number of carbonyl (C=O) groups excluding carboxylic acids is 2. The maximum Gasteiger partial charge on any atom is 0.254 e. The molecular weight excluding hydrogens is 547 g/mol. The first-order valence-corrected chi connectivity index (χ1v) is 13.4. The molecule has 0 bridgehead atoms. The quantitative estimate of drug-likeness (QED) is 0.307. The van der Waals surface area contributed by atoms with Gasteiger partial charge in [0.05, 0.1) is 6.04 Å². The van der Waals surface area contributed by atoms with Crippen molar-refractivity contribution < 1.29 is 23.5 Å². The van der Waals surface area contributed by atoms with Crippen molar-refractivity contribution >= 4 is 39.1 Å². The van der Waals surface area contributed by atoms with Gasteiger partial charge < -0.3 is 19.3 Å². The lowest BCUT2D eigenvalue weighted by Gasteiger charge is -2.37. The molecule has 4 rings (SSSR count). The molecule has 2 aromatic carbocycles. The molecule has 0 saturated carbocycles. The fourth-order valence-corrected chi connectivity index (χ4v) is 5.62. The SMILES string of the molecule is COCCCN(CC(=O)N1CCc2sccc2[C@@H]1COc1ccc(F)cc1)C(=O)c1cccc(Br)c1. The summed E-state index contributed by atoms with van der Waals surface area (Å²) in [5, 5.41) is 2.03. The van der Waals surface area contributed by atoms with Crippen molar-refractivity contribution in [1.29, 1.82) is 0 Å². The highest BCUT2D eigenvalue weighted by Gasteiger charge is 2.33. The highest BCUT2D eigenvalue weighted by Crippen LogP contribution is 2.34. The molecular formula is C27H28BrFN2O4S. The van der Waals surface area contributed by atoms with Crippen molar-refractivity contribution in [1.82, 2.24) is 9.80 Å². The van der Waals surface area contributed by atoms with Crippen LogP contribution in [0.1, 0.15) is 33.3 Å². The molecule has 0 unspecified atom stereocenters. The van der Waals surface area contributed by atoms with Gasteiger partial charge in [0.2, 0.25) is 5.91 Å². The predicted octanol–water partition coefficient (Wildman–Crippen LogP) is 5.33. The minimum absolute atomic E-state index is 0.0401. The van der Waals surface area contributed by atoms with Gasteiger partial charge in [-0.05, 0) is 72.3 Å². The van der Waals surface area contributed by atoms with Crippen molar-refractivity contribution in [3.05, 3.63) is 86.3 Å². The fourth-order valence-electron chi connectivity index (χ4n) is 4.29. The smallest absolute Gasteiger partial charge is 0.254 e. The van der Waals surface area contributed by atoms with E-state index in [1.807, 2.05) is 17.5 Å². The van der Waals surface area contributed by atoms with Crippen LogP contribution in [0.5, 0.6) is 5.75 Å². The van der Waals surface area contributed by atoms with E-state index < -0.39 is 0 Å². The second-order valence-corrected chi connectivity index (χ2v) is 10.4. The molecule has 0 spiro atoms. The lowest BCUT2D eigenvalue weighted by atomic mass is 10.0. The molecule has 1 aromatic heterocycles. The van der Waals surface area contributed by atoms with E-state index in [9.17, 15) is 14.0 Å². The van der Waals surface area contributed by atoms with Gasteiger partial charge in [-0.1, -0.05) is 22.0 Å². The number of amides is 2. The molecule has 1 atom stereocenters. The minimum Gasteiger partial charge on any atom is -0.491 e. The first-order valence-electron chi connectivity index (χ1n) is 11.7. The van der Waals surface area contributed by atoms with Gasteiger partial charge in [-0.15, -0.1) is 11.3 Å². The van der Waals surface area contributed by atoms with Gasteiger partial charge in [-0.2, -0.15) is 0 Å². The van der Waals surface area contributed by atoms with E-state index in [0.717, 1.165) is 16.5 Å². The zero-order valence-electron chi connectivity index (χ0n) is 20.0. The van der Waals surface area contributed by atoms with E-state index in [0.29, 0.717) is 37.4 Å². The normalized spacial score (nSPS) is 14.9. The third-order valence-electron chi connectivity index (χ3n) is 6.10. The largest absolute Gasteiger partial charge is 0.491 e. The molecule has 9 heteroatoms. The van der Waals surface area contributed by atoms with Crippen molar-refractivity contribution in [2.75, 3.05) is 40.0 Å². The number of hydrogen-bond acceptors (Lipinski definition) is 5. The van der Waals surface area contributed by atoms with E-state index in [2.05, 4.69) is 15.9 Å². The second kappa shape index (κ2) is 12.5. The fraction of sp³-hybridized carbons (Fsp3) is 0.333. The molecule has 0 fully saturated rings. The maximum absolute atomic E-state index is 13.6. The van der Waals surface area contributed by atoms with Crippen LogP contribution in [-0.4, -0.2) is 61.6 Å². The van der Waals surface area contributed by atoms with E-state index in [1.54, 1.807) is 58.6 Å². The Labute approximate surface area is 222 Å². The van der Waals surface area contributed by atoms with Gasteiger partial charge >= 0.3 is 0 Å². The Kier molecular flexibility index (Phi) is 9.12. The number of halogens is 2. The number of benzene rings is 2. The summed E-state index contributed by atoms with van der Waals surface area (Å²) >= 11 is 5.09. The van der Waals surface area contributed by atoms with Gasteiger partial charge in [-0.3, -0.25) is 9.59 Å². The molecule has 6 nitrogen and oxygen atoms in total. The van der Waals surface area contributed by atoms with Crippen LogP contribution in [0.3, 0.4) is 0 Å². The maximum atomic E-state index is 13.6. The van der Waals surface area contributed by atoms with E-state index in [1.165, 1.54) is 17.0 Å². The molecule has 1 aliphatic rings. The van der Waals surface area contributed by atoms with Gasteiger partial charge in [0.15, 0.2) is 0 Å². The van der Waals surface area contributed by atoms with Crippen LogP contribution >= 0.6 is 27.3 Å². The predicted molar refractivity (Wildman–Crippen MR) is 141 cm³/mol. The molecule has 2 amide bonds. The number of ether oxygens (including phenoxy) is 2. The molecule has 0 saturated heterocycles. The molecule has 36 heavy (non-hydrogen) atoms. The lowest BCUT2D eigenvalue weighted by Crippen LogP contribution is -2.48. The third-order valence-corrected chi connectivity index (χ3v) is 7.59. The lowest BCUT2D eigenvalue weighted by molar-refractivity contribution is -0.135. The molecule has 2 heterocycles. The van der Waals surface area contributed by atoms with Crippen molar-refractivity contribution in [3.8, 4) is 5.75 Å². The van der Waals surface area contributed by atoms with Gasteiger partial charge in [0.25, 0.3) is 5.91 Å². The summed E-state index contributed by atoms with van der Waals surface area (Å²) in [5.74, 6) is -0.133. The van der Waals surface area contributed by atoms with Crippen LogP contribution in [0.2, 0.25) is 0 Å². The van der Waals surface area contributed by atoms with E-state index in [-0.39, 0.29) is 36.8 Å². The third kappa shape index (κ3) is 6.52. The standard InChI is InChI=1S/C27H28BrFN2O4S/c1-34-14-3-12-30(27(33)19-4-2-5-20(28)16-19)17-26(32)31-13-10-25-23(11-15-36-25)24(31)18-35-22-8-6-21(29)7-9-22/h2,4-9,11,15-16,24H,3,10,12-14,17-18H2,1H3/t24-/m0/s1. The summed E-state index contributed by atoms with van der Waals surface area (Å²) < 4.78 is 25.2. The summed E-state index contributed by atoms with van der Waals surface area (Å²) in [6.07, 6.45) is 1.38. The first-order chi connectivity index (χ1) is 17.5. The Morgan fingerprint density at radius 3 is 2.75 bits per heavy atom. The number of rotatable bonds is 10. The molecule has 3 aromatic rings. The average Bonchev–Trinajstić information content (AvgIpc) is 3.36. The van der Waals surface area contributed by atoms with Gasteiger partial charge in [-0.25, -0.2) is 4.39 Å². The highest BCUT2D eigenvalue weighted by atomic mass is 79.9. The summed E-state index contributed by atoms with van der Waals surface area (Å²) in [6.45, 7) is 1.64. The van der Waals surface area contributed by atoms with Crippen LogP contribution in [0.15, 0.2) is 64.5 Å². The van der Waals surface area contributed by atoms with Crippen LogP contribution in [-0.2, 0) is 16.0 Å². The summed E-state index contributed by atoms with van der Waals surface area (Å²) in [6, 6.07) is 14.8.